The van der Waals surface area contributed by atoms with Gasteiger partial charge in [-0.1, -0.05) is 49.6 Å². The Morgan fingerprint density at radius 3 is 2.44 bits per heavy atom. The maximum atomic E-state index is 12.4. The molecule has 0 aromatic heterocycles. The van der Waals surface area contributed by atoms with E-state index >= 15 is 0 Å². The minimum Gasteiger partial charge on any atom is -0.340 e. The largest absolute Gasteiger partial charge is 0.340 e. The molecule has 18 heavy (non-hydrogen) atoms. The average Bonchev–Trinajstić information content (AvgIpc) is 2.40. The summed E-state index contributed by atoms with van der Waals surface area (Å²) in [6.45, 7) is 0.638. The third kappa shape index (κ3) is 2.91. The zero-order valence-electron chi connectivity index (χ0n) is 11.1. The zero-order chi connectivity index (χ0) is 13.0. The maximum absolute atomic E-state index is 12.4. The van der Waals surface area contributed by atoms with Crippen LogP contribution in [0.5, 0.6) is 0 Å². The molecule has 0 aliphatic heterocycles. The van der Waals surface area contributed by atoms with E-state index in [0.717, 1.165) is 31.2 Å². The molecule has 0 radical (unpaired) electrons. The summed E-state index contributed by atoms with van der Waals surface area (Å²) >= 11 is 0. The van der Waals surface area contributed by atoms with Crippen molar-refractivity contribution in [3.8, 4) is 0 Å². The summed E-state index contributed by atoms with van der Waals surface area (Å²) in [6.07, 6.45) is 4.99. The van der Waals surface area contributed by atoms with Crippen LogP contribution in [-0.4, -0.2) is 23.4 Å². The van der Waals surface area contributed by atoms with Crippen molar-refractivity contribution in [1.29, 1.82) is 0 Å². The number of benzene rings is 1. The standard InChI is InChI=1S/C15H22N2O/c1-17(12-13-8-4-2-5-9-13)14(18)15(16)10-6-3-7-11-15/h2,4-5,8-9H,3,6-7,10-12,16H2,1H3. The molecule has 0 spiro atoms. The molecule has 2 rings (SSSR count). The van der Waals surface area contributed by atoms with E-state index in [2.05, 4.69) is 0 Å². The summed E-state index contributed by atoms with van der Waals surface area (Å²) < 4.78 is 0. The Balaban J connectivity index is 2.00. The zero-order valence-corrected chi connectivity index (χ0v) is 11.1. The number of nitrogens with zero attached hydrogens (tertiary/aromatic N) is 1. The van der Waals surface area contributed by atoms with Gasteiger partial charge in [-0.25, -0.2) is 0 Å². The highest BCUT2D eigenvalue weighted by molar-refractivity contribution is 5.86. The molecule has 98 valence electrons. The highest BCUT2D eigenvalue weighted by Gasteiger charge is 2.37. The van der Waals surface area contributed by atoms with Crippen molar-refractivity contribution in [2.45, 2.75) is 44.2 Å². The predicted molar refractivity (Wildman–Crippen MR) is 72.9 cm³/mol. The van der Waals surface area contributed by atoms with Gasteiger partial charge >= 0.3 is 0 Å². The molecule has 1 saturated carbocycles. The van der Waals surface area contributed by atoms with Crippen LogP contribution in [0.4, 0.5) is 0 Å². The number of nitrogens with two attached hydrogens (primary N) is 1. The van der Waals surface area contributed by atoms with E-state index in [0.29, 0.717) is 6.54 Å². The van der Waals surface area contributed by atoms with Gasteiger partial charge in [0.2, 0.25) is 5.91 Å². The molecule has 1 amide bonds. The van der Waals surface area contributed by atoms with E-state index in [-0.39, 0.29) is 5.91 Å². The van der Waals surface area contributed by atoms with E-state index in [1.807, 2.05) is 37.4 Å². The Hall–Kier alpha value is -1.35. The molecule has 3 heteroatoms. The number of carbonyl (C=O) groups is 1. The van der Waals surface area contributed by atoms with E-state index in [1.165, 1.54) is 6.42 Å². The van der Waals surface area contributed by atoms with Gasteiger partial charge in [-0.2, -0.15) is 0 Å². The minimum absolute atomic E-state index is 0.0889. The molecule has 1 aromatic rings. The first kappa shape index (κ1) is 13.1. The Bertz CT molecular complexity index is 396. The average molecular weight is 246 g/mol. The third-order valence-corrected chi connectivity index (χ3v) is 3.78. The molecular formula is C15H22N2O. The van der Waals surface area contributed by atoms with Crippen LogP contribution in [0.25, 0.3) is 0 Å². The first-order chi connectivity index (χ1) is 8.62. The van der Waals surface area contributed by atoms with Crippen LogP contribution >= 0.6 is 0 Å². The summed E-state index contributed by atoms with van der Waals surface area (Å²) in [6, 6.07) is 10.0. The highest BCUT2D eigenvalue weighted by atomic mass is 16.2. The molecule has 1 aliphatic rings. The van der Waals surface area contributed by atoms with Crippen molar-refractivity contribution >= 4 is 5.91 Å². The van der Waals surface area contributed by atoms with Crippen molar-refractivity contribution in [2.75, 3.05) is 7.05 Å². The fraction of sp³-hybridized carbons (Fsp3) is 0.533. The van der Waals surface area contributed by atoms with Crippen LogP contribution in [0.15, 0.2) is 30.3 Å². The molecule has 1 aliphatic carbocycles. The fourth-order valence-electron chi connectivity index (χ4n) is 2.71. The summed E-state index contributed by atoms with van der Waals surface area (Å²) in [5.74, 6) is 0.0889. The molecule has 2 N–H and O–H groups in total. The molecular weight excluding hydrogens is 224 g/mol. The van der Waals surface area contributed by atoms with Crippen molar-refractivity contribution in [3.05, 3.63) is 35.9 Å². The Labute approximate surface area is 109 Å². The highest BCUT2D eigenvalue weighted by Crippen LogP contribution is 2.27. The van der Waals surface area contributed by atoms with Gasteiger partial charge in [-0.15, -0.1) is 0 Å². The van der Waals surface area contributed by atoms with Gasteiger partial charge in [0.25, 0.3) is 0 Å². The monoisotopic (exact) mass is 246 g/mol. The SMILES string of the molecule is CN(Cc1ccccc1)C(=O)C1(N)CCCCC1. The second-order valence-electron chi connectivity index (χ2n) is 5.36. The third-order valence-electron chi connectivity index (χ3n) is 3.78. The van der Waals surface area contributed by atoms with Crippen LogP contribution in [-0.2, 0) is 11.3 Å². The number of rotatable bonds is 3. The lowest BCUT2D eigenvalue weighted by molar-refractivity contribution is -0.137. The predicted octanol–water partition coefficient (Wildman–Crippen LogP) is 2.31. The van der Waals surface area contributed by atoms with E-state index < -0.39 is 5.54 Å². The fourth-order valence-corrected chi connectivity index (χ4v) is 2.71. The van der Waals surface area contributed by atoms with Crippen molar-refractivity contribution in [3.63, 3.8) is 0 Å². The van der Waals surface area contributed by atoms with Crippen molar-refractivity contribution < 1.29 is 4.79 Å². The van der Waals surface area contributed by atoms with Crippen molar-refractivity contribution in [2.24, 2.45) is 5.73 Å². The molecule has 1 aromatic carbocycles. The lowest BCUT2D eigenvalue weighted by Gasteiger charge is -2.35. The number of amides is 1. The summed E-state index contributed by atoms with van der Waals surface area (Å²) in [5.41, 5.74) is 6.79. The summed E-state index contributed by atoms with van der Waals surface area (Å²) in [4.78, 5) is 14.2. The molecule has 0 bridgehead atoms. The smallest absolute Gasteiger partial charge is 0.242 e. The van der Waals surface area contributed by atoms with Gasteiger partial charge in [-0.05, 0) is 18.4 Å². The molecule has 0 heterocycles. The van der Waals surface area contributed by atoms with Crippen LogP contribution in [0.2, 0.25) is 0 Å². The van der Waals surface area contributed by atoms with E-state index in [1.54, 1.807) is 4.90 Å². The lowest BCUT2D eigenvalue weighted by Crippen LogP contribution is -2.55. The Kier molecular flexibility index (Phi) is 4.02. The van der Waals surface area contributed by atoms with Crippen LogP contribution in [0.3, 0.4) is 0 Å². The van der Waals surface area contributed by atoms with E-state index in [9.17, 15) is 4.79 Å². The summed E-state index contributed by atoms with van der Waals surface area (Å²) in [7, 11) is 1.85. The van der Waals surface area contributed by atoms with Crippen LogP contribution in [0, 0.1) is 0 Å². The molecule has 0 atom stereocenters. The maximum Gasteiger partial charge on any atom is 0.242 e. The number of likely N-dealkylation sites (N-methyl/N-ethyl adjacent to an activating group) is 1. The van der Waals surface area contributed by atoms with Crippen LogP contribution < -0.4 is 5.73 Å². The first-order valence-corrected chi connectivity index (χ1v) is 6.70. The summed E-state index contributed by atoms with van der Waals surface area (Å²) in [5, 5.41) is 0. The van der Waals surface area contributed by atoms with Crippen LogP contribution in [0.1, 0.15) is 37.7 Å². The Morgan fingerprint density at radius 1 is 1.22 bits per heavy atom. The second kappa shape index (κ2) is 5.53. The minimum atomic E-state index is -0.623. The van der Waals surface area contributed by atoms with Gasteiger partial charge in [0, 0.05) is 13.6 Å². The van der Waals surface area contributed by atoms with Crippen molar-refractivity contribution in [1.82, 2.24) is 4.90 Å². The molecule has 3 nitrogen and oxygen atoms in total. The normalized spacial score (nSPS) is 18.3. The number of hydrogen-bond donors (Lipinski definition) is 1. The molecule has 1 fully saturated rings. The number of hydrogen-bond acceptors (Lipinski definition) is 2. The molecule has 0 unspecified atom stereocenters. The van der Waals surface area contributed by atoms with Gasteiger partial charge < -0.3 is 10.6 Å². The van der Waals surface area contributed by atoms with Gasteiger partial charge in [0.05, 0.1) is 5.54 Å². The van der Waals surface area contributed by atoms with E-state index in [4.69, 9.17) is 5.73 Å². The Morgan fingerprint density at radius 2 is 1.83 bits per heavy atom. The topological polar surface area (TPSA) is 46.3 Å². The first-order valence-electron chi connectivity index (χ1n) is 6.70. The van der Waals surface area contributed by atoms with Gasteiger partial charge in [0.1, 0.15) is 0 Å². The van der Waals surface area contributed by atoms with Gasteiger partial charge in [0.15, 0.2) is 0 Å². The lowest BCUT2D eigenvalue weighted by atomic mass is 9.81. The number of carbonyl (C=O) groups excluding carboxylic acids is 1. The quantitative estimate of drug-likeness (QED) is 0.889. The van der Waals surface area contributed by atoms with Gasteiger partial charge in [-0.3, -0.25) is 4.79 Å². The second-order valence-corrected chi connectivity index (χ2v) is 5.36. The molecule has 0 saturated heterocycles.